The zero-order chi connectivity index (χ0) is 13.9. The van der Waals surface area contributed by atoms with Gasteiger partial charge in [-0.05, 0) is 46.8 Å². The number of nitrogens with zero attached hydrogens (tertiary/aromatic N) is 1. The Bertz CT molecular complexity index is 533. The molecule has 1 atom stereocenters. The Morgan fingerprint density at radius 3 is 2.84 bits per heavy atom. The number of halogens is 1. The normalized spacial score (nSPS) is 21.3. The van der Waals surface area contributed by atoms with Gasteiger partial charge in [0.2, 0.25) is 10.0 Å². The number of sulfonamides is 1. The van der Waals surface area contributed by atoms with Crippen LogP contribution in [-0.2, 0) is 10.0 Å². The van der Waals surface area contributed by atoms with Gasteiger partial charge in [-0.3, -0.25) is 0 Å². The van der Waals surface area contributed by atoms with Gasteiger partial charge in [0.15, 0.2) is 0 Å². The first-order valence-corrected chi connectivity index (χ1v) is 9.04. The second kappa shape index (κ2) is 6.24. The molecule has 1 heterocycles. The highest BCUT2D eigenvalue weighted by Gasteiger charge is 2.25. The van der Waals surface area contributed by atoms with Crippen LogP contribution < -0.4 is 5.32 Å². The van der Waals surface area contributed by atoms with Crippen LogP contribution in [0.25, 0.3) is 0 Å². The van der Waals surface area contributed by atoms with Crippen molar-refractivity contribution in [3.8, 4) is 0 Å². The van der Waals surface area contributed by atoms with Gasteiger partial charge in [0.1, 0.15) is 0 Å². The third-order valence-electron chi connectivity index (χ3n) is 3.41. The number of nitrogens with one attached hydrogen (secondary N) is 1. The molecule has 4 nitrogen and oxygen atoms in total. The predicted molar refractivity (Wildman–Crippen MR) is 81.8 cm³/mol. The Hall–Kier alpha value is -0.590. The lowest BCUT2D eigenvalue weighted by molar-refractivity contribution is 0.277. The van der Waals surface area contributed by atoms with Crippen molar-refractivity contribution in [3.63, 3.8) is 0 Å². The van der Waals surface area contributed by atoms with E-state index in [9.17, 15) is 8.42 Å². The van der Waals surface area contributed by atoms with Crippen LogP contribution in [0.4, 0.5) is 5.69 Å². The summed E-state index contributed by atoms with van der Waals surface area (Å²) in [6.07, 6.45) is 3.30. The van der Waals surface area contributed by atoms with Gasteiger partial charge in [-0.2, -0.15) is 0 Å². The topological polar surface area (TPSA) is 49.4 Å². The van der Waals surface area contributed by atoms with Crippen LogP contribution in [0.2, 0.25) is 0 Å². The summed E-state index contributed by atoms with van der Waals surface area (Å²) >= 11 is 3.50. The maximum Gasteiger partial charge on any atom is 0.211 e. The van der Waals surface area contributed by atoms with Crippen molar-refractivity contribution in [3.05, 3.63) is 28.7 Å². The fourth-order valence-corrected chi connectivity index (χ4v) is 3.72. The summed E-state index contributed by atoms with van der Waals surface area (Å²) in [6, 6.07) is 7.96. The van der Waals surface area contributed by atoms with Gasteiger partial charge in [-0.1, -0.05) is 12.1 Å². The van der Waals surface area contributed by atoms with Crippen LogP contribution in [0.5, 0.6) is 0 Å². The van der Waals surface area contributed by atoms with Crippen LogP contribution in [0.1, 0.15) is 12.8 Å². The Kier molecular flexibility index (Phi) is 4.86. The van der Waals surface area contributed by atoms with Crippen LogP contribution in [0.3, 0.4) is 0 Å². The molecule has 0 aromatic heterocycles. The smallest absolute Gasteiger partial charge is 0.211 e. The Morgan fingerprint density at radius 1 is 1.42 bits per heavy atom. The molecular formula is C13H19BrN2O2S. The standard InChI is InChI=1S/C13H19BrN2O2S/c1-19(17,18)16-8-4-5-11(10-16)9-15-13-7-3-2-6-12(13)14/h2-3,6-7,11,15H,4-5,8-10H2,1H3. The summed E-state index contributed by atoms with van der Waals surface area (Å²) in [5.74, 6) is 0.371. The maximum atomic E-state index is 11.6. The van der Waals surface area contributed by atoms with Crippen LogP contribution in [0.15, 0.2) is 28.7 Å². The van der Waals surface area contributed by atoms with Crippen molar-refractivity contribution in [2.75, 3.05) is 31.2 Å². The van der Waals surface area contributed by atoms with E-state index in [4.69, 9.17) is 0 Å². The minimum absolute atomic E-state index is 0.371. The quantitative estimate of drug-likeness (QED) is 0.911. The molecule has 1 aliphatic heterocycles. The third kappa shape index (κ3) is 4.19. The molecule has 0 bridgehead atoms. The van der Waals surface area contributed by atoms with Gasteiger partial charge >= 0.3 is 0 Å². The second-order valence-corrected chi connectivity index (χ2v) is 7.83. The lowest BCUT2D eigenvalue weighted by Gasteiger charge is -2.31. The molecule has 106 valence electrons. The van der Waals surface area contributed by atoms with Gasteiger partial charge in [0.05, 0.1) is 6.26 Å². The predicted octanol–water partition coefficient (Wildman–Crippen LogP) is 2.53. The van der Waals surface area contributed by atoms with Crippen molar-refractivity contribution in [1.29, 1.82) is 0 Å². The minimum Gasteiger partial charge on any atom is -0.384 e. The van der Waals surface area contributed by atoms with Crippen molar-refractivity contribution in [1.82, 2.24) is 4.31 Å². The summed E-state index contributed by atoms with van der Waals surface area (Å²) in [7, 11) is -3.05. The molecule has 0 saturated carbocycles. The fourth-order valence-electron chi connectivity index (χ4n) is 2.35. The number of anilines is 1. The van der Waals surface area contributed by atoms with E-state index in [0.717, 1.165) is 29.5 Å². The van der Waals surface area contributed by atoms with E-state index in [-0.39, 0.29) is 0 Å². The molecule has 2 rings (SSSR count). The number of hydrogen-bond acceptors (Lipinski definition) is 3. The molecular weight excluding hydrogens is 328 g/mol. The summed E-state index contributed by atoms with van der Waals surface area (Å²) in [4.78, 5) is 0. The first-order chi connectivity index (χ1) is 8.97. The average molecular weight is 347 g/mol. The number of benzene rings is 1. The Labute approximate surface area is 123 Å². The van der Waals surface area contributed by atoms with Crippen molar-refractivity contribution in [2.45, 2.75) is 12.8 Å². The highest BCUT2D eigenvalue weighted by molar-refractivity contribution is 9.10. The van der Waals surface area contributed by atoms with E-state index in [1.165, 1.54) is 6.26 Å². The van der Waals surface area contributed by atoms with E-state index < -0.39 is 10.0 Å². The highest BCUT2D eigenvalue weighted by atomic mass is 79.9. The van der Waals surface area contributed by atoms with Gasteiger partial charge in [0.25, 0.3) is 0 Å². The largest absolute Gasteiger partial charge is 0.384 e. The molecule has 1 aromatic carbocycles. The van der Waals surface area contributed by atoms with Crippen molar-refractivity contribution < 1.29 is 8.42 Å². The van der Waals surface area contributed by atoms with Gasteiger partial charge < -0.3 is 5.32 Å². The fraction of sp³-hybridized carbons (Fsp3) is 0.538. The number of para-hydroxylation sites is 1. The highest BCUT2D eigenvalue weighted by Crippen LogP contribution is 2.23. The molecule has 6 heteroatoms. The molecule has 1 unspecified atom stereocenters. The molecule has 1 aliphatic rings. The summed E-state index contributed by atoms with van der Waals surface area (Å²) in [5, 5.41) is 3.39. The SMILES string of the molecule is CS(=O)(=O)N1CCCC(CNc2ccccc2Br)C1. The van der Waals surface area contributed by atoms with E-state index in [1.807, 2.05) is 24.3 Å². The zero-order valence-electron chi connectivity index (χ0n) is 11.0. The molecule has 1 fully saturated rings. The number of rotatable bonds is 4. The monoisotopic (exact) mass is 346 g/mol. The lowest BCUT2D eigenvalue weighted by atomic mass is 9.99. The van der Waals surface area contributed by atoms with E-state index >= 15 is 0 Å². The van der Waals surface area contributed by atoms with E-state index in [1.54, 1.807) is 4.31 Å². The Morgan fingerprint density at radius 2 is 2.16 bits per heavy atom. The maximum absolute atomic E-state index is 11.6. The van der Waals surface area contributed by atoms with Gasteiger partial charge in [-0.25, -0.2) is 12.7 Å². The van der Waals surface area contributed by atoms with E-state index in [0.29, 0.717) is 19.0 Å². The Balaban J connectivity index is 1.92. The van der Waals surface area contributed by atoms with Crippen LogP contribution in [0, 0.1) is 5.92 Å². The second-order valence-electron chi connectivity index (χ2n) is 4.99. The average Bonchev–Trinajstić information content (AvgIpc) is 2.37. The first kappa shape index (κ1) is 14.8. The molecule has 0 radical (unpaired) electrons. The first-order valence-electron chi connectivity index (χ1n) is 6.40. The summed E-state index contributed by atoms with van der Waals surface area (Å²) in [5.41, 5.74) is 1.05. The van der Waals surface area contributed by atoms with Crippen LogP contribution in [-0.4, -0.2) is 38.6 Å². The molecule has 19 heavy (non-hydrogen) atoms. The van der Waals surface area contributed by atoms with Gasteiger partial charge in [-0.15, -0.1) is 0 Å². The molecule has 1 saturated heterocycles. The van der Waals surface area contributed by atoms with Crippen molar-refractivity contribution in [2.24, 2.45) is 5.92 Å². The molecule has 1 N–H and O–H groups in total. The van der Waals surface area contributed by atoms with Crippen LogP contribution >= 0.6 is 15.9 Å². The molecule has 1 aromatic rings. The molecule has 0 aliphatic carbocycles. The summed E-state index contributed by atoms with van der Waals surface area (Å²) < 4.78 is 25.7. The van der Waals surface area contributed by atoms with Crippen molar-refractivity contribution >= 4 is 31.6 Å². The number of hydrogen-bond donors (Lipinski definition) is 1. The van der Waals surface area contributed by atoms with E-state index in [2.05, 4.69) is 21.2 Å². The lowest BCUT2D eigenvalue weighted by Crippen LogP contribution is -2.41. The summed E-state index contributed by atoms with van der Waals surface area (Å²) in [6.45, 7) is 2.08. The zero-order valence-corrected chi connectivity index (χ0v) is 13.4. The van der Waals surface area contributed by atoms with Gasteiger partial charge in [0, 0.05) is 29.8 Å². The third-order valence-corrected chi connectivity index (χ3v) is 5.37. The minimum atomic E-state index is -3.05. The molecule has 0 amide bonds. The number of piperidine rings is 1. The molecule has 0 spiro atoms.